The number of carbonyl (C=O) groups excluding carboxylic acids is 2. The molecule has 0 radical (unpaired) electrons. The number of halogens is 1. The molecule has 0 saturated carbocycles. The number of nitrogen functional groups attached to an aromatic ring is 1. The molecule has 0 unspecified atom stereocenters. The van der Waals surface area contributed by atoms with Crippen molar-refractivity contribution < 1.29 is 9.59 Å². The highest BCUT2D eigenvalue weighted by molar-refractivity contribution is 5.95. The Morgan fingerprint density at radius 1 is 1.05 bits per heavy atom. The molecule has 2 N–H and O–H groups in total. The first-order valence-electron chi connectivity index (χ1n) is 7.23. The van der Waals surface area contributed by atoms with E-state index >= 15 is 0 Å². The van der Waals surface area contributed by atoms with Gasteiger partial charge in [0.25, 0.3) is 5.91 Å². The van der Waals surface area contributed by atoms with Crippen LogP contribution in [0.15, 0.2) is 24.3 Å². The largest absolute Gasteiger partial charge is 0.399 e. The number of benzene rings is 1. The van der Waals surface area contributed by atoms with Crippen LogP contribution in [-0.4, -0.2) is 47.8 Å². The molecule has 1 aliphatic heterocycles. The van der Waals surface area contributed by atoms with E-state index in [2.05, 4.69) is 0 Å². The summed E-state index contributed by atoms with van der Waals surface area (Å²) in [5.41, 5.74) is 6.52. The number of piperazine rings is 1. The summed E-state index contributed by atoms with van der Waals surface area (Å²) in [6.45, 7) is 8.05. The summed E-state index contributed by atoms with van der Waals surface area (Å²) >= 11 is 0. The van der Waals surface area contributed by atoms with Crippen molar-refractivity contribution in [2.24, 2.45) is 5.41 Å². The summed E-state index contributed by atoms with van der Waals surface area (Å²) in [6, 6.07) is 7.00. The van der Waals surface area contributed by atoms with E-state index < -0.39 is 0 Å². The Hall–Kier alpha value is -1.75. The van der Waals surface area contributed by atoms with Crippen LogP contribution in [0.4, 0.5) is 5.69 Å². The third-order valence-electron chi connectivity index (χ3n) is 3.63. The number of nitrogens with zero attached hydrogens (tertiary/aromatic N) is 2. The van der Waals surface area contributed by atoms with Crippen molar-refractivity contribution >= 4 is 29.9 Å². The molecular weight excluding hydrogens is 302 g/mol. The van der Waals surface area contributed by atoms with E-state index in [1.165, 1.54) is 0 Å². The molecule has 122 valence electrons. The lowest BCUT2D eigenvalue weighted by Crippen LogP contribution is -2.53. The quantitative estimate of drug-likeness (QED) is 0.803. The van der Waals surface area contributed by atoms with Gasteiger partial charge in [0.1, 0.15) is 0 Å². The van der Waals surface area contributed by atoms with Gasteiger partial charge in [0.05, 0.1) is 0 Å². The van der Waals surface area contributed by atoms with E-state index in [-0.39, 0.29) is 29.6 Å². The first kappa shape index (κ1) is 18.3. The zero-order chi connectivity index (χ0) is 15.6. The predicted molar refractivity (Wildman–Crippen MR) is 90.0 cm³/mol. The molecule has 6 heteroatoms. The monoisotopic (exact) mass is 325 g/mol. The minimum atomic E-state index is -0.375. The van der Waals surface area contributed by atoms with Gasteiger partial charge in [0, 0.05) is 42.8 Å². The highest BCUT2D eigenvalue weighted by atomic mass is 35.5. The Morgan fingerprint density at radius 2 is 1.59 bits per heavy atom. The van der Waals surface area contributed by atoms with E-state index in [1.54, 1.807) is 29.2 Å². The Morgan fingerprint density at radius 3 is 2.09 bits per heavy atom. The maximum Gasteiger partial charge on any atom is 0.254 e. The maximum absolute atomic E-state index is 12.4. The second-order valence-electron chi connectivity index (χ2n) is 6.46. The molecule has 1 heterocycles. The summed E-state index contributed by atoms with van der Waals surface area (Å²) in [5, 5.41) is 0. The minimum absolute atomic E-state index is 0. The van der Waals surface area contributed by atoms with Gasteiger partial charge >= 0.3 is 0 Å². The number of anilines is 1. The van der Waals surface area contributed by atoms with E-state index in [0.717, 1.165) is 0 Å². The number of amides is 2. The summed E-state index contributed by atoms with van der Waals surface area (Å²) in [4.78, 5) is 28.2. The fourth-order valence-corrected chi connectivity index (χ4v) is 2.44. The zero-order valence-corrected chi connectivity index (χ0v) is 14.2. The van der Waals surface area contributed by atoms with E-state index in [1.807, 2.05) is 25.7 Å². The third kappa shape index (κ3) is 4.13. The molecule has 1 aromatic carbocycles. The molecule has 5 nitrogen and oxygen atoms in total. The van der Waals surface area contributed by atoms with Crippen LogP contribution in [0.5, 0.6) is 0 Å². The van der Waals surface area contributed by atoms with Crippen molar-refractivity contribution in [2.75, 3.05) is 31.9 Å². The van der Waals surface area contributed by atoms with Gasteiger partial charge in [-0.25, -0.2) is 0 Å². The summed E-state index contributed by atoms with van der Waals surface area (Å²) in [5.74, 6) is 0.115. The summed E-state index contributed by atoms with van der Waals surface area (Å²) in [6.07, 6.45) is 0. The molecule has 1 aliphatic rings. The molecule has 0 bridgehead atoms. The van der Waals surface area contributed by atoms with E-state index in [4.69, 9.17) is 5.73 Å². The van der Waals surface area contributed by atoms with Crippen LogP contribution in [0.1, 0.15) is 31.1 Å². The normalized spacial score (nSPS) is 15.2. The molecular formula is C16H24ClN3O2. The number of hydrogen-bond donors (Lipinski definition) is 1. The van der Waals surface area contributed by atoms with Gasteiger partial charge in [-0.2, -0.15) is 0 Å². The molecule has 2 rings (SSSR count). The number of hydrogen-bond acceptors (Lipinski definition) is 3. The molecule has 0 aliphatic carbocycles. The number of rotatable bonds is 1. The van der Waals surface area contributed by atoms with Gasteiger partial charge in [0.15, 0.2) is 0 Å². The first-order chi connectivity index (χ1) is 9.79. The molecule has 22 heavy (non-hydrogen) atoms. The van der Waals surface area contributed by atoms with Gasteiger partial charge in [-0.15, -0.1) is 12.4 Å². The lowest BCUT2D eigenvalue weighted by molar-refractivity contribution is -0.140. The van der Waals surface area contributed by atoms with Crippen LogP contribution in [-0.2, 0) is 4.79 Å². The van der Waals surface area contributed by atoms with Gasteiger partial charge in [-0.05, 0) is 18.2 Å². The van der Waals surface area contributed by atoms with Gasteiger partial charge < -0.3 is 15.5 Å². The average molecular weight is 326 g/mol. The molecule has 2 amide bonds. The van der Waals surface area contributed by atoms with Crippen molar-refractivity contribution in [3.05, 3.63) is 29.8 Å². The molecule has 0 atom stereocenters. The highest BCUT2D eigenvalue weighted by Gasteiger charge is 2.31. The van der Waals surface area contributed by atoms with Crippen molar-refractivity contribution in [3.8, 4) is 0 Å². The predicted octanol–water partition coefficient (Wildman–Crippen LogP) is 2.02. The van der Waals surface area contributed by atoms with Crippen molar-refractivity contribution in [3.63, 3.8) is 0 Å². The molecule has 0 spiro atoms. The number of carbonyl (C=O) groups is 2. The zero-order valence-electron chi connectivity index (χ0n) is 13.3. The van der Waals surface area contributed by atoms with Gasteiger partial charge in [0.2, 0.25) is 5.91 Å². The Bertz CT molecular complexity index is 547. The van der Waals surface area contributed by atoms with Crippen LogP contribution in [0.25, 0.3) is 0 Å². The van der Waals surface area contributed by atoms with E-state index in [0.29, 0.717) is 37.4 Å². The second kappa shape index (κ2) is 7.01. The van der Waals surface area contributed by atoms with Crippen LogP contribution in [0.3, 0.4) is 0 Å². The van der Waals surface area contributed by atoms with Crippen LogP contribution >= 0.6 is 12.4 Å². The van der Waals surface area contributed by atoms with Crippen LogP contribution in [0.2, 0.25) is 0 Å². The van der Waals surface area contributed by atoms with Gasteiger partial charge in [-0.3, -0.25) is 9.59 Å². The fourth-order valence-electron chi connectivity index (χ4n) is 2.44. The average Bonchev–Trinajstić information content (AvgIpc) is 2.45. The second-order valence-corrected chi connectivity index (χ2v) is 6.46. The smallest absolute Gasteiger partial charge is 0.254 e. The Labute approximate surface area is 137 Å². The van der Waals surface area contributed by atoms with Gasteiger partial charge in [-0.1, -0.05) is 26.8 Å². The van der Waals surface area contributed by atoms with Crippen molar-refractivity contribution in [2.45, 2.75) is 20.8 Å². The molecule has 1 fully saturated rings. The molecule has 0 aromatic heterocycles. The van der Waals surface area contributed by atoms with Crippen molar-refractivity contribution in [1.82, 2.24) is 9.80 Å². The Kier molecular flexibility index (Phi) is 5.83. The standard InChI is InChI=1S/C16H23N3O2.ClH/c1-16(2,3)15(21)19-9-7-18(8-10-19)14(20)12-5-4-6-13(17)11-12;/h4-6,11H,7-10,17H2,1-3H3;1H. The third-order valence-corrected chi connectivity index (χ3v) is 3.63. The SMILES string of the molecule is CC(C)(C)C(=O)N1CCN(C(=O)c2cccc(N)c2)CC1.Cl. The van der Waals surface area contributed by atoms with E-state index in [9.17, 15) is 9.59 Å². The summed E-state index contributed by atoms with van der Waals surface area (Å²) in [7, 11) is 0. The molecule has 1 saturated heterocycles. The first-order valence-corrected chi connectivity index (χ1v) is 7.23. The highest BCUT2D eigenvalue weighted by Crippen LogP contribution is 2.19. The van der Waals surface area contributed by atoms with Crippen LogP contribution in [0, 0.1) is 5.41 Å². The lowest BCUT2D eigenvalue weighted by Gasteiger charge is -2.37. The topological polar surface area (TPSA) is 66.6 Å². The summed E-state index contributed by atoms with van der Waals surface area (Å²) < 4.78 is 0. The lowest BCUT2D eigenvalue weighted by atomic mass is 9.94. The van der Waals surface area contributed by atoms with Crippen LogP contribution < -0.4 is 5.73 Å². The Balaban J connectivity index is 0.00000242. The fraction of sp³-hybridized carbons (Fsp3) is 0.500. The van der Waals surface area contributed by atoms with Crippen molar-refractivity contribution in [1.29, 1.82) is 0 Å². The minimum Gasteiger partial charge on any atom is -0.399 e. The number of nitrogens with two attached hydrogens (primary N) is 1. The molecule has 1 aromatic rings. The maximum atomic E-state index is 12.4.